The first-order valence-electron chi connectivity index (χ1n) is 8.42. The van der Waals surface area contributed by atoms with E-state index in [0.29, 0.717) is 43.4 Å². The normalized spacial score (nSPS) is 12.6. The highest BCUT2D eigenvalue weighted by atomic mass is 16.6. The second kappa shape index (κ2) is 7.26. The summed E-state index contributed by atoms with van der Waals surface area (Å²) in [5.74, 6) is 1.70. The first-order valence-corrected chi connectivity index (χ1v) is 8.42. The van der Waals surface area contributed by atoms with Gasteiger partial charge in [0, 0.05) is 31.7 Å². The molecule has 1 aliphatic heterocycles. The highest BCUT2D eigenvalue weighted by molar-refractivity contribution is 5.97. The number of ether oxygens (including phenoxy) is 2. The zero-order valence-electron chi connectivity index (χ0n) is 14.1. The Bertz CT molecular complexity index is 908. The smallest absolute Gasteiger partial charge is 0.255 e. The summed E-state index contributed by atoms with van der Waals surface area (Å²) in [6.45, 7) is 1.98. The van der Waals surface area contributed by atoms with Crippen molar-refractivity contribution in [2.45, 2.75) is 6.54 Å². The van der Waals surface area contributed by atoms with Gasteiger partial charge in [-0.2, -0.15) is 0 Å². The fraction of sp³-hybridized carbons (Fsp3) is 0.211. The van der Waals surface area contributed by atoms with Crippen LogP contribution in [0.2, 0.25) is 0 Å². The summed E-state index contributed by atoms with van der Waals surface area (Å²) < 4.78 is 13.1. The number of benzene rings is 1. The molecule has 0 atom stereocenters. The summed E-state index contributed by atoms with van der Waals surface area (Å²) in [5, 5.41) is 2.92. The first-order chi connectivity index (χ1) is 12.8. The maximum Gasteiger partial charge on any atom is 0.255 e. The molecule has 132 valence electrons. The molecule has 26 heavy (non-hydrogen) atoms. The van der Waals surface area contributed by atoms with E-state index in [-0.39, 0.29) is 5.91 Å². The number of hydrogen-bond acceptors (Lipinski definition) is 5. The Kier molecular flexibility index (Phi) is 4.51. The number of imidazole rings is 1. The highest BCUT2D eigenvalue weighted by Crippen LogP contribution is 2.33. The van der Waals surface area contributed by atoms with E-state index in [9.17, 15) is 4.79 Å². The third-order valence-corrected chi connectivity index (χ3v) is 4.06. The van der Waals surface area contributed by atoms with Crippen LogP contribution in [0.1, 0.15) is 10.4 Å². The van der Waals surface area contributed by atoms with Crippen molar-refractivity contribution in [3.8, 4) is 23.0 Å². The van der Waals surface area contributed by atoms with E-state index >= 15 is 0 Å². The van der Waals surface area contributed by atoms with Crippen molar-refractivity contribution in [3.63, 3.8) is 0 Å². The highest BCUT2D eigenvalue weighted by Gasteiger charge is 2.20. The van der Waals surface area contributed by atoms with Crippen LogP contribution in [0.25, 0.3) is 11.5 Å². The van der Waals surface area contributed by atoms with Gasteiger partial charge in [-0.1, -0.05) is 12.1 Å². The van der Waals surface area contributed by atoms with Crippen LogP contribution in [-0.2, 0) is 6.54 Å². The quantitative estimate of drug-likeness (QED) is 0.763. The van der Waals surface area contributed by atoms with Gasteiger partial charge in [-0.3, -0.25) is 9.78 Å². The van der Waals surface area contributed by atoms with Gasteiger partial charge in [0.05, 0.1) is 5.56 Å². The van der Waals surface area contributed by atoms with Crippen LogP contribution in [-0.4, -0.2) is 40.2 Å². The summed E-state index contributed by atoms with van der Waals surface area (Å²) in [6.07, 6.45) is 5.33. The summed E-state index contributed by atoms with van der Waals surface area (Å²) in [6, 6.07) is 11.0. The molecule has 0 unspecified atom stereocenters. The SMILES string of the molecule is O=C(NCCn1ccnc1-c1ccccn1)c1cccc2c1OCCO2. The standard InChI is InChI=1S/C19H18N4O3/c24-19(14-4-3-6-16-17(14)26-13-12-25-16)22-9-11-23-10-8-21-18(23)15-5-1-2-7-20-15/h1-8,10H,9,11-13H2,(H,22,24). The number of pyridine rings is 1. The summed E-state index contributed by atoms with van der Waals surface area (Å²) in [7, 11) is 0. The molecular formula is C19H18N4O3. The Balaban J connectivity index is 1.42. The van der Waals surface area contributed by atoms with E-state index < -0.39 is 0 Å². The van der Waals surface area contributed by atoms with Crippen molar-refractivity contribution in [3.05, 3.63) is 60.6 Å². The second-order valence-electron chi connectivity index (χ2n) is 5.74. The van der Waals surface area contributed by atoms with Crippen LogP contribution >= 0.6 is 0 Å². The number of para-hydroxylation sites is 1. The van der Waals surface area contributed by atoms with Crippen LogP contribution < -0.4 is 14.8 Å². The van der Waals surface area contributed by atoms with Crippen molar-refractivity contribution >= 4 is 5.91 Å². The lowest BCUT2D eigenvalue weighted by molar-refractivity contribution is 0.0941. The van der Waals surface area contributed by atoms with Crippen LogP contribution in [0.3, 0.4) is 0 Å². The molecule has 7 nitrogen and oxygen atoms in total. The third kappa shape index (κ3) is 3.23. The average molecular weight is 350 g/mol. The van der Waals surface area contributed by atoms with E-state index in [2.05, 4.69) is 15.3 Å². The molecule has 0 saturated heterocycles. The van der Waals surface area contributed by atoms with Gasteiger partial charge in [0.25, 0.3) is 5.91 Å². The Morgan fingerprint density at radius 3 is 2.88 bits per heavy atom. The van der Waals surface area contributed by atoms with Gasteiger partial charge in [-0.15, -0.1) is 0 Å². The van der Waals surface area contributed by atoms with E-state index in [1.165, 1.54) is 0 Å². The van der Waals surface area contributed by atoms with Gasteiger partial charge >= 0.3 is 0 Å². The number of fused-ring (bicyclic) bond motifs is 1. The van der Waals surface area contributed by atoms with Crippen molar-refractivity contribution in [1.82, 2.24) is 19.9 Å². The fourth-order valence-corrected chi connectivity index (χ4v) is 2.86. The minimum absolute atomic E-state index is 0.188. The molecule has 7 heteroatoms. The van der Waals surface area contributed by atoms with Crippen LogP contribution in [0, 0.1) is 0 Å². The number of nitrogens with one attached hydrogen (secondary N) is 1. The fourth-order valence-electron chi connectivity index (χ4n) is 2.86. The predicted molar refractivity (Wildman–Crippen MR) is 95.2 cm³/mol. The molecule has 4 rings (SSSR count). The van der Waals surface area contributed by atoms with Gasteiger partial charge in [-0.05, 0) is 24.3 Å². The molecule has 0 radical (unpaired) electrons. The maximum atomic E-state index is 12.5. The van der Waals surface area contributed by atoms with Crippen molar-refractivity contribution < 1.29 is 14.3 Å². The Morgan fingerprint density at radius 2 is 2.00 bits per heavy atom. The van der Waals surface area contributed by atoms with Crippen LogP contribution in [0.5, 0.6) is 11.5 Å². The van der Waals surface area contributed by atoms with Crippen LogP contribution in [0.4, 0.5) is 0 Å². The minimum atomic E-state index is -0.188. The minimum Gasteiger partial charge on any atom is -0.486 e. The molecule has 0 saturated carbocycles. The summed E-state index contributed by atoms with van der Waals surface area (Å²) >= 11 is 0. The summed E-state index contributed by atoms with van der Waals surface area (Å²) in [5.41, 5.74) is 1.28. The Morgan fingerprint density at radius 1 is 1.08 bits per heavy atom. The molecular weight excluding hydrogens is 332 g/mol. The molecule has 0 spiro atoms. The number of carbonyl (C=O) groups excluding carboxylic acids is 1. The van der Waals surface area contributed by atoms with Crippen molar-refractivity contribution in [2.75, 3.05) is 19.8 Å². The molecule has 0 bridgehead atoms. The lowest BCUT2D eigenvalue weighted by Gasteiger charge is -2.20. The number of rotatable bonds is 5. The number of nitrogens with zero attached hydrogens (tertiary/aromatic N) is 3. The maximum absolute atomic E-state index is 12.5. The molecule has 3 heterocycles. The molecule has 1 N–H and O–H groups in total. The number of aromatic nitrogens is 3. The van der Waals surface area contributed by atoms with Gasteiger partial charge in [0.2, 0.25) is 0 Å². The number of carbonyl (C=O) groups is 1. The molecule has 1 aromatic carbocycles. The van der Waals surface area contributed by atoms with Gasteiger partial charge in [0.15, 0.2) is 17.3 Å². The van der Waals surface area contributed by atoms with Crippen molar-refractivity contribution in [2.24, 2.45) is 0 Å². The monoisotopic (exact) mass is 350 g/mol. The lowest BCUT2D eigenvalue weighted by Crippen LogP contribution is -2.28. The lowest BCUT2D eigenvalue weighted by atomic mass is 10.1. The zero-order chi connectivity index (χ0) is 17.8. The van der Waals surface area contributed by atoms with Gasteiger partial charge in [0.1, 0.15) is 18.9 Å². The molecule has 1 amide bonds. The van der Waals surface area contributed by atoms with Crippen molar-refractivity contribution in [1.29, 1.82) is 0 Å². The largest absolute Gasteiger partial charge is 0.486 e. The zero-order valence-corrected chi connectivity index (χ0v) is 14.1. The number of amides is 1. The van der Waals surface area contributed by atoms with Gasteiger partial charge < -0.3 is 19.4 Å². The van der Waals surface area contributed by atoms with E-state index in [4.69, 9.17) is 9.47 Å². The number of hydrogen-bond donors (Lipinski definition) is 1. The molecule has 2 aromatic heterocycles. The molecule has 3 aromatic rings. The van der Waals surface area contributed by atoms with Crippen LogP contribution in [0.15, 0.2) is 55.0 Å². The molecule has 0 aliphatic carbocycles. The average Bonchev–Trinajstić information content (AvgIpc) is 3.16. The van der Waals surface area contributed by atoms with E-state index in [0.717, 1.165) is 11.5 Å². The third-order valence-electron chi connectivity index (χ3n) is 4.06. The second-order valence-corrected chi connectivity index (χ2v) is 5.74. The molecule has 0 fully saturated rings. The Labute approximate surface area is 150 Å². The predicted octanol–water partition coefficient (Wildman–Crippen LogP) is 2.15. The van der Waals surface area contributed by atoms with E-state index in [1.807, 2.05) is 29.0 Å². The Hall–Kier alpha value is -3.35. The molecule has 1 aliphatic rings. The van der Waals surface area contributed by atoms with E-state index in [1.54, 1.807) is 30.6 Å². The van der Waals surface area contributed by atoms with Gasteiger partial charge in [-0.25, -0.2) is 4.98 Å². The topological polar surface area (TPSA) is 78.3 Å². The summed E-state index contributed by atoms with van der Waals surface area (Å²) in [4.78, 5) is 21.2. The first kappa shape index (κ1) is 16.1.